The number of non-ortho nitro benzene ring substituents is 1. The van der Waals surface area contributed by atoms with Crippen LogP contribution in [-0.2, 0) is 5.75 Å². The number of fused-ring (bicyclic) bond motifs is 1. The number of para-hydroxylation sites is 2. The van der Waals surface area contributed by atoms with E-state index < -0.39 is 4.92 Å². The first-order valence-corrected chi connectivity index (χ1v) is 12.2. The summed E-state index contributed by atoms with van der Waals surface area (Å²) < 4.78 is 7.44. The molecule has 9 nitrogen and oxygen atoms in total. The standard InChI is InChI=1S/C26H21N5O4S/c1-16(2)19-7-4-6-10-22(19)30-25(32)20-8-3-5-9-21(20)27-26(30)36-15-23-28-29-24(35-23)17-11-13-18(14-12-17)31(33)34/h3-14,16H,15H2,1-2H3. The maximum Gasteiger partial charge on any atom is 0.269 e. The lowest BCUT2D eigenvalue weighted by atomic mass is 10.0. The Morgan fingerprint density at radius 3 is 2.47 bits per heavy atom. The first-order valence-electron chi connectivity index (χ1n) is 11.2. The van der Waals surface area contributed by atoms with Crippen molar-refractivity contribution in [2.24, 2.45) is 0 Å². The molecule has 0 aliphatic carbocycles. The fourth-order valence-corrected chi connectivity index (χ4v) is 4.72. The molecule has 5 aromatic rings. The van der Waals surface area contributed by atoms with E-state index in [9.17, 15) is 14.9 Å². The van der Waals surface area contributed by atoms with Crippen LogP contribution in [0.15, 0.2) is 87.2 Å². The Morgan fingerprint density at radius 1 is 1.00 bits per heavy atom. The normalized spacial score (nSPS) is 11.3. The van der Waals surface area contributed by atoms with E-state index in [-0.39, 0.29) is 28.8 Å². The Balaban J connectivity index is 1.50. The summed E-state index contributed by atoms with van der Waals surface area (Å²) >= 11 is 1.33. The van der Waals surface area contributed by atoms with Gasteiger partial charge in [0.25, 0.3) is 11.2 Å². The Labute approximate surface area is 210 Å². The average Bonchev–Trinajstić information content (AvgIpc) is 3.37. The van der Waals surface area contributed by atoms with Crippen molar-refractivity contribution in [3.05, 3.63) is 105 Å². The van der Waals surface area contributed by atoms with Crippen molar-refractivity contribution in [2.75, 3.05) is 0 Å². The van der Waals surface area contributed by atoms with Crippen molar-refractivity contribution in [1.29, 1.82) is 0 Å². The third-order valence-corrected chi connectivity index (χ3v) is 6.58. The maximum absolute atomic E-state index is 13.6. The van der Waals surface area contributed by atoms with Crippen molar-refractivity contribution >= 4 is 28.4 Å². The second kappa shape index (κ2) is 9.74. The molecule has 0 N–H and O–H groups in total. The van der Waals surface area contributed by atoms with E-state index in [4.69, 9.17) is 9.40 Å². The number of nitrogens with zero attached hydrogens (tertiary/aromatic N) is 5. The molecule has 10 heteroatoms. The zero-order valence-corrected chi connectivity index (χ0v) is 20.3. The fraction of sp³-hybridized carbons (Fsp3) is 0.154. The molecule has 5 rings (SSSR count). The molecule has 180 valence electrons. The van der Waals surface area contributed by atoms with E-state index in [2.05, 4.69) is 24.0 Å². The van der Waals surface area contributed by atoms with E-state index in [1.165, 1.54) is 23.9 Å². The largest absolute Gasteiger partial charge is 0.420 e. The smallest absolute Gasteiger partial charge is 0.269 e. The third kappa shape index (κ3) is 4.50. The van der Waals surface area contributed by atoms with Gasteiger partial charge in [-0.05, 0) is 41.8 Å². The van der Waals surface area contributed by atoms with Crippen LogP contribution in [0.5, 0.6) is 0 Å². The Kier molecular flexibility index (Phi) is 6.34. The van der Waals surface area contributed by atoms with E-state index in [1.807, 2.05) is 42.5 Å². The maximum atomic E-state index is 13.6. The lowest BCUT2D eigenvalue weighted by Crippen LogP contribution is -2.23. The number of benzene rings is 3. The molecular formula is C26H21N5O4S. The fourth-order valence-electron chi connectivity index (χ4n) is 3.88. The third-order valence-electron chi connectivity index (χ3n) is 5.66. The van der Waals surface area contributed by atoms with Gasteiger partial charge in [0.15, 0.2) is 5.16 Å². The van der Waals surface area contributed by atoms with Gasteiger partial charge in [0.05, 0.1) is 27.3 Å². The van der Waals surface area contributed by atoms with Gasteiger partial charge < -0.3 is 4.42 Å². The van der Waals surface area contributed by atoms with Gasteiger partial charge in [0.1, 0.15) is 0 Å². The van der Waals surface area contributed by atoms with Crippen LogP contribution in [-0.4, -0.2) is 24.7 Å². The molecule has 36 heavy (non-hydrogen) atoms. The van der Waals surface area contributed by atoms with Gasteiger partial charge in [0, 0.05) is 17.7 Å². The van der Waals surface area contributed by atoms with Gasteiger partial charge in [-0.15, -0.1) is 10.2 Å². The molecule has 0 radical (unpaired) electrons. The van der Waals surface area contributed by atoms with Gasteiger partial charge in [-0.2, -0.15) is 0 Å². The van der Waals surface area contributed by atoms with Gasteiger partial charge >= 0.3 is 0 Å². The summed E-state index contributed by atoms with van der Waals surface area (Å²) in [4.78, 5) is 28.8. The molecule has 0 spiro atoms. The summed E-state index contributed by atoms with van der Waals surface area (Å²) in [5.74, 6) is 1.10. The first kappa shape index (κ1) is 23.4. The van der Waals surface area contributed by atoms with E-state index in [0.29, 0.717) is 27.5 Å². The zero-order chi connectivity index (χ0) is 25.2. The molecule has 0 aliphatic rings. The molecule has 2 heterocycles. The van der Waals surface area contributed by atoms with Crippen LogP contribution in [0.4, 0.5) is 5.69 Å². The first-order chi connectivity index (χ1) is 17.4. The molecule has 0 unspecified atom stereocenters. The predicted molar refractivity (Wildman–Crippen MR) is 137 cm³/mol. The highest BCUT2D eigenvalue weighted by atomic mass is 32.2. The minimum Gasteiger partial charge on any atom is -0.420 e. The van der Waals surface area contributed by atoms with Gasteiger partial charge in [-0.3, -0.25) is 19.5 Å². The minimum absolute atomic E-state index is 0.0175. The number of rotatable bonds is 7. The SMILES string of the molecule is CC(C)c1ccccc1-n1c(SCc2nnc(-c3ccc([N+](=O)[O-])cc3)o2)nc2ccccc2c1=O. The number of nitro benzene ring substituents is 1. The van der Waals surface area contributed by atoms with Crippen LogP contribution in [0.25, 0.3) is 28.0 Å². The Morgan fingerprint density at radius 2 is 1.72 bits per heavy atom. The van der Waals surface area contributed by atoms with Crippen LogP contribution >= 0.6 is 11.8 Å². The lowest BCUT2D eigenvalue weighted by molar-refractivity contribution is -0.384. The highest BCUT2D eigenvalue weighted by molar-refractivity contribution is 7.98. The summed E-state index contributed by atoms with van der Waals surface area (Å²) in [6, 6.07) is 21.0. The quantitative estimate of drug-likeness (QED) is 0.120. The Hall–Kier alpha value is -4.31. The molecule has 2 aromatic heterocycles. The van der Waals surface area contributed by atoms with Crippen LogP contribution in [0, 0.1) is 10.1 Å². The van der Waals surface area contributed by atoms with Crippen molar-refractivity contribution in [1.82, 2.24) is 19.7 Å². The molecule has 0 aliphatic heterocycles. The van der Waals surface area contributed by atoms with Gasteiger partial charge in [-0.1, -0.05) is 55.9 Å². The van der Waals surface area contributed by atoms with E-state index in [1.54, 1.807) is 22.8 Å². The molecule has 0 bridgehead atoms. The monoisotopic (exact) mass is 499 g/mol. The summed E-state index contributed by atoms with van der Waals surface area (Å²) in [6.07, 6.45) is 0. The number of hydrogen-bond acceptors (Lipinski definition) is 8. The van der Waals surface area contributed by atoms with Crippen LogP contribution in [0.1, 0.15) is 31.2 Å². The summed E-state index contributed by atoms with van der Waals surface area (Å²) in [5, 5.41) is 20.1. The van der Waals surface area contributed by atoms with Crippen molar-refractivity contribution in [3.8, 4) is 17.1 Å². The molecule has 3 aromatic carbocycles. The molecule has 0 saturated carbocycles. The number of aromatic nitrogens is 4. The van der Waals surface area contributed by atoms with Crippen molar-refractivity contribution in [2.45, 2.75) is 30.7 Å². The molecular weight excluding hydrogens is 478 g/mol. The van der Waals surface area contributed by atoms with E-state index in [0.717, 1.165) is 11.3 Å². The van der Waals surface area contributed by atoms with Gasteiger partial charge in [0.2, 0.25) is 11.8 Å². The molecule has 0 saturated heterocycles. The lowest BCUT2D eigenvalue weighted by Gasteiger charge is -2.17. The summed E-state index contributed by atoms with van der Waals surface area (Å²) in [5.41, 5.74) is 2.85. The number of nitro groups is 1. The highest BCUT2D eigenvalue weighted by Gasteiger charge is 2.18. The van der Waals surface area contributed by atoms with Crippen LogP contribution in [0.3, 0.4) is 0 Å². The zero-order valence-electron chi connectivity index (χ0n) is 19.5. The number of thioether (sulfide) groups is 1. The molecule has 0 atom stereocenters. The molecule has 0 amide bonds. The highest BCUT2D eigenvalue weighted by Crippen LogP contribution is 2.29. The molecule has 0 fully saturated rings. The van der Waals surface area contributed by atoms with Crippen LogP contribution in [0.2, 0.25) is 0 Å². The second-order valence-corrected chi connectivity index (χ2v) is 9.30. The minimum atomic E-state index is -0.465. The van der Waals surface area contributed by atoms with Crippen molar-refractivity contribution in [3.63, 3.8) is 0 Å². The number of hydrogen-bond donors (Lipinski definition) is 0. The predicted octanol–water partition coefficient (Wildman–Crippen LogP) is 5.76. The van der Waals surface area contributed by atoms with Gasteiger partial charge in [-0.25, -0.2) is 4.98 Å². The second-order valence-electron chi connectivity index (χ2n) is 8.36. The Bertz CT molecular complexity index is 1630. The average molecular weight is 500 g/mol. The topological polar surface area (TPSA) is 117 Å². The summed E-state index contributed by atoms with van der Waals surface area (Å²) in [6.45, 7) is 4.17. The van der Waals surface area contributed by atoms with Crippen LogP contribution < -0.4 is 5.56 Å². The van der Waals surface area contributed by atoms with Crippen molar-refractivity contribution < 1.29 is 9.34 Å². The van der Waals surface area contributed by atoms with E-state index >= 15 is 0 Å². The summed E-state index contributed by atoms with van der Waals surface area (Å²) in [7, 11) is 0.